The molecule has 0 unspecified atom stereocenters. The van der Waals surface area contributed by atoms with Crippen molar-refractivity contribution in [3.63, 3.8) is 0 Å². The summed E-state index contributed by atoms with van der Waals surface area (Å²) < 4.78 is 6.22. The molecule has 5 nitrogen and oxygen atoms in total. The minimum Gasteiger partial charge on any atom is -0.489 e. The van der Waals surface area contributed by atoms with Gasteiger partial charge in [0.05, 0.1) is 5.56 Å². The molecule has 6 heteroatoms. The van der Waals surface area contributed by atoms with Crippen LogP contribution in [-0.4, -0.2) is 46.7 Å². The van der Waals surface area contributed by atoms with E-state index in [4.69, 9.17) is 4.74 Å². The Morgan fingerprint density at radius 1 is 1.33 bits per heavy atom. The maximum Gasteiger partial charge on any atom is 0.335 e. The van der Waals surface area contributed by atoms with E-state index in [2.05, 4.69) is 9.88 Å². The van der Waals surface area contributed by atoms with E-state index in [0.717, 1.165) is 35.1 Å². The van der Waals surface area contributed by atoms with Crippen molar-refractivity contribution < 1.29 is 14.6 Å². The molecule has 2 bridgehead atoms. The molecule has 3 saturated heterocycles. The van der Waals surface area contributed by atoms with Gasteiger partial charge in [-0.2, -0.15) is 0 Å². The Bertz CT molecular complexity index is 765. The molecular weight excluding hydrogens is 324 g/mol. The summed E-state index contributed by atoms with van der Waals surface area (Å²) in [7, 11) is 0. The lowest BCUT2D eigenvalue weighted by atomic mass is 9.86. The maximum atomic E-state index is 11.5. The van der Waals surface area contributed by atoms with E-state index < -0.39 is 5.97 Å². The number of aromatic nitrogens is 1. The van der Waals surface area contributed by atoms with Gasteiger partial charge in [-0.1, -0.05) is 0 Å². The Morgan fingerprint density at radius 3 is 2.71 bits per heavy atom. The van der Waals surface area contributed by atoms with Gasteiger partial charge in [-0.05, 0) is 57.0 Å². The van der Waals surface area contributed by atoms with E-state index in [9.17, 15) is 9.90 Å². The van der Waals surface area contributed by atoms with Crippen LogP contribution in [0.5, 0.6) is 5.75 Å². The average molecular weight is 344 g/mol. The van der Waals surface area contributed by atoms with Gasteiger partial charge in [-0.25, -0.2) is 9.78 Å². The van der Waals surface area contributed by atoms with Crippen LogP contribution in [0, 0.1) is 12.8 Å². The quantitative estimate of drug-likeness (QED) is 0.922. The fourth-order valence-electron chi connectivity index (χ4n) is 3.62. The number of piperidine rings is 3. The lowest BCUT2D eigenvalue weighted by Gasteiger charge is -2.44. The number of carboxylic acids is 1. The number of thiazole rings is 1. The lowest BCUT2D eigenvalue weighted by molar-refractivity contribution is -0.00779. The van der Waals surface area contributed by atoms with Crippen LogP contribution in [0.1, 0.15) is 28.1 Å². The molecular formula is C18H20N2O3S. The second-order valence-electron chi connectivity index (χ2n) is 6.62. The molecule has 1 atom stereocenters. The number of hydrogen-bond acceptors (Lipinski definition) is 5. The first-order chi connectivity index (χ1) is 11.6. The molecule has 5 rings (SSSR count). The topological polar surface area (TPSA) is 62.7 Å². The van der Waals surface area contributed by atoms with Crippen molar-refractivity contribution in [2.24, 2.45) is 5.92 Å². The van der Waals surface area contributed by atoms with E-state index in [1.54, 1.807) is 29.7 Å². The van der Waals surface area contributed by atoms with E-state index in [0.29, 0.717) is 11.7 Å². The molecule has 0 aliphatic carbocycles. The van der Waals surface area contributed by atoms with Gasteiger partial charge in [-0.3, -0.25) is 4.90 Å². The third-order valence-corrected chi connectivity index (χ3v) is 5.87. The number of benzene rings is 1. The van der Waals surface area contributed by atoms with Crippen LogP contribution in [0.25, 0.3) is 10.6 Å². The van der Waals surface area contributed by atoms with Crippen LogP contribution >= 0.6 is 11.3 Å². The van der Waals surface area contributed by atoms with Crippen LogP contribution in [-0.2, 0) is 0 Å². The van der Waals surface area contributed by atoms with Crippen LogP contribution in [0.2, 0.25) is 0 Å². The molecule has 4 heterocycles. The highest BCUT2D eigenvalue weighted by Crippen LogP contribution is 2.34. The summed E-state index contributed by atoms with van der Waals surface area (Å²) in [5, 5.41) is 10.2. The summed E-state index contributed by atoms with van der Waals surface area (Å²) in [6, 6.07) is 5.22. The highest BCUT2D eigenvalue weighted by molar-refractivity contribution is 7.14. The van der Waals surface area contributed by atoms with Gasteiger partial charge in [0, 0.05) is 23.2 Å². The van der Waals surface area contributed by atoms with Gasteiger partial charge < -0.3 is 9.84 Å². The Hall–Kier alpha value is -1.92. The summed E-state index contributed by atoms with van der Waals surface area (Å²) in [6.07, 6.45) is 4.30. The second-order valence-corrected chi connectivity index (χ2v) is 7.86. The van der Waals surface area contributed by atoms with Crippen LogP contribution in [0.4, 0.5) is 0 Å². The molecule has 3 fully saturated rings. The molecule has 0 saturated carbocycles. The summed E-state index contributed by atoms with van der Waals surface area (Å²) in [6.45, 7) is 5.24. The Balaban J connectivity index is 1.64. The van der Waals surface area contributed by atoms with Crippen molar-refractivity contribution in [2.75, 3.05) is 19.6 Å². The van der Waals surface area contributed by atoms with Gasteiger partial charge >= 0.3 is 5.97 Å². The van der Waals surface area contributed by atoms with Gasteiger partial charge in [0.15, 0.2) is 0 Å². The normalized spacial score (nSPS) is 25.6. The zero-order chi connectivity index (χ0) is 16.7. The van der Waals surface area contributed by atoms with Crippen LogP contribution < -0.4 is 4.74 Å². The second kappa shape index (κ2) is 6.18. The third-order valence-electron chi connectivity index (χ3n) is 4.91. The summed E-state index contributed by atoms with van der Waals surface area (Å²) in [5.41, 5.74) is 1.06. The standard InChI is InChI=1S/C18H20N2O3S/c1-11-9-19-17(24-11)13-6-14(18(21)22)8-15(7-13)23-16-10-20-4-2-12(16)3-5-20/h6-9,12,16H,2-5,10H2,1H3,(H,21,22)/t16-/m1/s1. The highest BCUT2D eigenvalue weighted by Gasteiger charge is 2.35. The monoisotopic (exact) mass is 344 g/mol. The molecule has 0 radical (unpaired) electrons. The van der Waals surface area contributed by atoms with Gasteiger partial charge in [0.2, 0.25) is 0 Å². The number of ether oxygens (including phenoxy) is 1. The van der Waals surface area contributed by atoms with Crippen molar-refractivity contribution in [1.82, 2.24) is 9.88 Å². The molecule has 1 aromatic heterocycles. The molecule has 24 heavy (non-hydrogen) atoms. The Morgan fingerprint density at radius 2 is 2.12 bits per heavy atom. The first-order valence-corrected chi connectivity index (χ1v) is 9.10. The van der Waals surface area contributed by atoms with Crippen molar-refractivity contribution in [2.45, 2.75) is 25.9 Å². The van der Waals surface area contributed by atoms with Gasteiger partial charge in [0.25, 0.3) is 0 Å². The van der Waals surface area contributed by atoms with Gasteiger partial charge in [-0.15, -0.1) is 11.3 Å². The first kappa shape index (κ1) is 15.6. The first-order valence-electron chi connectivity index (χ1n) is 8.29. The summed E-state index contributed by atoms with van der Waals surface area (Å²) >= 11 is 1.56. The third kappa shape index (κ3) is 3.03. The summed E-state index contributed by atoms with van der Waals surface area (Å²) in [5.74, 6) is 0.273. The number of aromatic carboxylic acids is 1. The molecule has 3 aliphatic heterocycles. The summed E-state index contributed by atoms with van der Waals surface area (Å²) in [4.78, 5) is 19.4. The fourth-order valence-corrected chi connectivity index (χ4v) is 4.37. The van der Waals surface area contributed by atoms with E-state index in [-0.39, 0.29) is 11.7 Å². The highest BCUT2D eigenvalue weighted by atomic mass is 32.1. The van der Waals surface area contributed by atoms with E-state index in [1.165, 1.54) is 12.8 Å². The van der Waals surface area contributed by atoms with Gasteiger partial charge in [0.1, 0.15) is 16.9 Å². The van der Waals surface area contributed by atoms with Crippen molar-refractivity contribution in [1.29, 1.82) is 0 Å². The zero-order valence-corrected chi connectivity index (χ0v) is 14.4. The molecule has 3 aliphatic rings. The number of carbonyl (C=O) groups is 1. The number of aryl methyl sites for hydroxylation is 1. The Labute approximate surface area is 144 Å². The maximum absolute atomic E-state index is 11.5. The van der Waals surface area contributed by atoms with E-state index in [1.807, 2.05) is 13.0 Å². The molecule has 0 spiro atoms. The number of hydrogen-bond donors (Lipinski definition) is 1. The predicted octanol–water partition coefficient (Wildman–Crippen LogP) is 3.29. The largest absolute Gasteiger partial charge is 0.489 e. The average Bonchev–Trinajstić information content (AvgIpc) is 3.02. The number of rotatable bonds is 4. The SMILES string of the molecule is Cc1cnc(-c2cc(O[C@@H]3CN4CCC3CC4)cc(C(=O)O)c2)s1. The van der Waals surface area contributed by atoms with Crippen LogP contribution in [0.3, 0.4) is 0 Å². The van der Waals surface area contributed by atoms with Crippen molar-refractivity contribution >= 4 is 17.3 Å². The van der Waals surface area contributed by atoms with E-state index >= 15 is 0 Å². The minimum absolute atomic E-state index is 0.155. The molecule has 2 aromatic rings. The number of nitrogens with zero attached hydrogens (tertiary/aromatic N) is 2. The molecule has 1 N–H and O–H groups in total. The molecule has 126 valence electrons. The smallest absolute Gasteiger partial charge is 0.335 e. The van der Waals surface area contributed by atoms with Crippen molar-refractivity contribution in [3.05, 3.63) is 34.8 Å². The molecule has 1 aromatic carbocycles. The molecule has 0 amide bonds. The number of carboxylic acid groups (broad SMARTS) is 1. The fraction of sp³-hybridized carbons (Fsp3) is 0.444. The predicted molar refractivity (Wildman–Crippen MR) is 92.8 cm³/mol. The zero-order valence-electron chi connectivity index (χ0n) is 13.6. The van der Waals surface area contributed by atoms with Crippen molar-refractivity contribution in [3.8, 4) is 16.3 Å². The Kier molecular flexibility index (Phi) is 4.02. The minimum atomic E-state index is -0.941. The number of fused-ring (bicyclic) bond motifs is 3. The lowest BCUT2D eigenvalue weighted by Crippen LogP contribution is -2.52. The van der Waals surface area contributed by atoms with Crippen LogP contribution in [0.15, 0.2) is 24.4 Å².